The van der Waals surface area contributed by atoms with Crippen molar-refractivity contribution in [2.45, 2.75) is 25.0 Å². The minimum absolute atomic E-state index is 0. The number of esters is 1. The third-order valence-electron chi connectivity index (χ3n) is 2.36. The fourth-order valence-electron chi connectivity index (χ4n) is 1.55. The number of rotatable bonds is 9. The van der Waals surface area contributed by atoms with Crippen molar-refractivity contribution in [2.75, 3.05) is 39.7 Å². The van der Waals surface area contributed by atoms with E-state index in [9.17, 15) is 14.7 Å². The number of hydrogen-bond acceptors (Lipinski definition) is 6. The molecule has 6 nitrogen and oxygen atoms in total. The molecule has 0 saturated carbocycles. The number of carbonyl (C=O) groups excluding carboxylic acids is 2. The van der Waals surface area contributed by atoms with Crippen molar-refractivity contribution in [3.63, 3.8) is 0 Å². The molecule has 20 heavy (non-hydrogen) atoms. The van der Waals surface area contributed by atoms with Crippen LogP contribution in [-0.2, 0) is 14.3 Å². The fraction of sp³-hybridized carbons (Fsp3) is 0.833. The van der Waals surface area contributed by atoms with Gasteiger partial charge in [-0.1, -0.05) is 0 Å². The molecule has 0 spiro atoms. The summed E-state index contributed by atoms with van der Waals surface area (Å²) < 4.78 is 5.68. The molecule has 0 rings (SSSR count). The second-order valence-corrected chi connectivity index (χ2v) is 6.48. The number of carboxylic acid groups (broad SMARTS) is 1. The highest BCUT2D eigenvalue weighted by molar-refractivity contribution is 7.98. The van der Waals surface area contributed by atoms with Gasteiger partial charge in [-0.2, -0.15) is 11.8 Å². The van der Waals surface area contributed by atoms with E-state index >= 15 is 0 Å². The lowest BCUT2D eigenvalue weighted by atomic mass is 10.2. The van der Waals surface area contributed by atoms with Crippen LogP contribution in [0.2, 0.25) is 0 Å². The quantitative estimate of drug-likeness (QED) is 0.442. The summed E-state index contributed by atoms with van der Waals surface area (Å²) in [5, 5.41) is 10.7. The molecule has 1 unspecified atom stereocenters. The molecule has 0 aliphatic carbocycles. The standard InChI is InChI=1S/C12H24N2O4S.ClH/c1-14(2,3)8-9(7-11(15)16)18-12(17)10(13)5-6-19-4;/h9-10H,5-8,13H2,1-4H3;1H/t9?,10-;/m0./s1. The van der Waals surface area contributed by atoms with E-state index in [1.54, 1.807) is 11.8 Å². The summed E-state index contributed by atoms with van der Waals surface area (Å²) in [4.78, 5) is 22.4. The Balaban J connectivity index is 0. The monoisotopic (exact) mass is 328 g/mol. The molecule has 0 aliphatic heterocycles. The van der Waals surface area contributed by atoms with Gasteiger partial charge < -0.3 is 24.9 Å². The van der Waals surface area contributed by atoms with Crippen LogP contribution in [0, 0.1) is 0 Å². The summed E-state index contributed by atoms with van der Waals surface area (Å²) in [5.41, 5.74) is 5.69. The van der Waals surface area contributed by atoms with Gasteiger partial charge in [-0.25, -0.2) is 0 Å². The molecule has 0 radical (unpaired) electrons. The van der Waals surface area contributed by atoms with Gasteiger partial charge in [-0.15, -0.1) is 12.4 Å². The second kappa shape index (κ2) is 10.3. The molecular weight excluding hydrogens is 304 g/mol. The third-order valence-corrected chi connectivity index (χ3v) is 3.01. The molecule has 2 atom stereocenters. The normalized spacial score (nSPS) is 14.1. The zero-order valence-electron chi connectivity index (χ0n) is 12.5. The van der Waals surface area contributed by atoms with Crippen LogP contribution in [-0.4, -0.2) is 68.3 Å². The molecule has 0 heterocycles. The van der Waals surface area contributed by atoms with Crippen LogP contribution in [0.15, 0.2) is 0 Å². The van der Waals surface area contributed by atoms with Crippen molar-refractivity contribution in [1.29, 1.82) is 0 Å². The molecule has 0 saturated heterocycles. The van der Waals surface area contributed by atoms with Gasteiger partial charge in [0.25, 0.3) is 0 Å². The van der Waals surface area contributed by atoms with Gasteiger partial charge >= 0.3 is 5.97 Å². The number of nitrogens with two attached hydrogens (primary N) is 1. The average Bonchev–Trinajstić information content (AvgIpc) is 2.22. The van der Waals surface area contributed by atoms with E-state index in [4.69, 9.17) is 10.5 Å². The number of quaternary nitrogens is 1. The maximum Gasteiger partial charge on any atom is 0.323 e. The minimum Gasteiger partial charge on any atom is -0.550 e. The maximum atomic E-state index is 11.7. The van der Waals surface area contributed by atoms with Crippen molar-refractivity contribution in [3.8, 4) is 0 Å². The van der Waals surface area contributed by atoms with Crippen LogP contribution in [0.3, 0.4) is 0 Å². The summed E-state index contributed by atoms with van der Waals surface area (Å²) >= 11 is 1.59. The fourth-order valence-corrected chi connectivity index (χ4v) is 2.04. The summed E-state index contributed by atoms with van der Waals surface area (Å²) in [6.07, 6.45) is 1.42. The number of thioether (sulfide) groups is 1. The lowest BCUT2D eigenvalue weighted by Gasteiger charge is -2.29. The number of carbonyl (C=O) groups is 2. The molecule has 0 aromatic carbocycles. The number of likely N-dealkylation sites (N-methyl/N-ethyl adjacent to an activating group) is 1. The largest absolute Gasteiger partial charge is 0.550 e. The predicted molar refractivity (Wildman–Crippen MR) is 80.6 cm³/mol. The third kappa shape index (κ3) is 11.3. The molecule has 0 aliphatic rings. The Bertz CT molecular complexity index is 310. The van der Waals surface area contributed by atoms with Gasteiger partial charge in [0.15, 0.2) is 6.10 Å². The van der Waals surface area contributed by atoms with E-state index in [1.165, 1.54) is 0 Å². The summed E-state index contributed by atoms with van der Waals surface area (Å²) in [6.45, 7) is 0.398. The Hall–Kier alpha value is -0.500. The second-order valence-electron chi connectivity index (χ2n) is 5.50. The van der Waals surface area contributed by atoms with Gasteiger partial charge in [0.1, 0.15) is 12.6 Å². The van der Waals surface area contributed by atoms with Gasteiger partial charge in [0.05, 0.1) is 21.1 Å². The van der Waals surface area contributed by atoms with Crippen LogP contribution in [0.1, 0.15) is 12.8 Å². The van der Waals surface area contributed by atoms with E-state index in [2.05, 4.69) is 0 Å². The zero-order valence-corrected chi connectivity index (χ0v) is 14.1. The Morgan fingerprint density at radius 1 is 1.35 bits per heavy atom. The average molecular weight is 329 g/mol. The van der Waals surface area contributed by atoms with Crippen molar-refractivity contribution in [2.24, 2.45) is 5.73 Å². The van der Waals surface area contributed by atoms with Crippen molar-refractivity contribution < 1.29 is 23.9 Å². The highest BCUT2D eigenvalue weighted by Crippen LogP contribution is 2.07. The van der Waals surface area contributed by atoms with Crippen molar-refractivity contribution in [1.82, 2.24) is 0 Å². The molecule has 120 valence electrons. The highest BCUT2D eigenvalue weighted by Gasteiger charge is 2.25. The summed E-state index contributed by atoms with van der Waals surface area (Å²) in [7, 11) is 5.68. The molecule has 0 bridgehead atoms. The summed E-state index contributed by atoms with van der Waals surface area (Å²) in [5.74, 6) is -1.02. The lowest BCUT2D eigenvalue weighted by molar-refractivity contribution is -0.873. The smallest absolute Gasteiger partial charge is 0.323 e. The molecule has 0 aromatic heterocycles. The SMILES string of the molecule is CSCC[C@H](N)C(=O)OC(CC(=O)[O-])C[N+](C)(C)C.Cl. The molecular formula is C12H25ClN2O4S. The van der Waals surface area contributed by atoms with Crippen molar-refractivity contribution >= 4 is 36.1 Å². The van der Waals surface area contributed by atoms with E-state index in [1.807, 2.05) is 27.4 Å². The first kappa shape index (κ1) is 21.8. The summed E-state index contributed by atoms with van der Waals surface area (Å²) in [6, 6.07) is -0.704. The van der Waals surface area contributed by atoms with Crippen LogP contribution in [0.5, 0.6) is 0 Å². The van der Waals surface area contributed by atoms with Crippen LogP contribution in [0.4, 0.5) is 0 Å². The number of hydrogen-bond donors (Lipinski definition) is 1. The zero-order chi connectivity index (χ0) is 15.1. The first-order valence-corrected chi connectivity index (χ1v) is 7.50. The van der Waals surface area contributed by atoms with Crippen LogP contribution >= 0.6 is 24.2 Å². The number of nitrogens with zero attached hydrogens (tertiary/aromatic N) is 1. The van der Waals surface area contributed by atoms with Gasteiger partial charge in [-0.3, -0.25) is 4.79 Å². The molecule has 0 aromatic rings. The Morgan fingerprint density at radius 2 is 1.90 bits per heavy atom. The Kier molecular flexibility index (Phi) is 11.2. The van der Waals surface area contributed by atoms with Gasteiger partial charge in [-0.05, 0) is 18.4 Å². The first-order chi connectivity index (χ1) is 8.65. The maximum absolute atomic E-state index is 11.7. The number of aliphatic carboxylic acids is 1. The van der Waals surface area contributed by atoms with E-state index in [-0.39, 0.29) is 18.8 Å². The molecule has 0 fully saturated rings. The van der Waals surface area contributed by atoms with Crippen LogP contribution in [0.25, 0.3) is 0 Å². The van der Waals surface area contributed by atoms with E-state index in [0.29, 0.717) is 17.4 Å². The van der Waals surface area contributed by atoms with Crippen LogP contribution < -0.4 is 10.8 Å². The number of ether oxygens (including phenoxy) is 1. The lowest BCUT2D eigenvalue weighted by Crippen LogP contribution is -2.47. The topological polar surface area (TPSA) is 92.5 Å². The minimum atomic E-state index is -1.23. The number of halogens is 1. The van der Waals surface area contributed by atoms with Gasteiger partial charge in [0, 0.05) is 12.4 Å². The molecule has 2 N–H and O–H groups in total. The first-order valence-electron chi connectivity index (χ1n) is 6.11. The Morgan fingerprint density at radius 3 is 2.30 bits per heavy atom. The number of carboxylic acids is 1. The van der Waals surface area contributed by atoms with E-state index < -0.39 is 24.1 Å². The van der Waals surface area contributed by atoms with Crippen molar-refractivity contribution in [3.05, 3.63) is 0 Å². The van der Waals surface area contributed by atoms with Gasteiger partial charge in [0.2, 0.25) is 0 Å². The van der Waals surface area contributed by atoms with E-state index in [0.717, 1.165) is 5.75 Å². The highest BCUT2D eigenvalue weighted by atomic mass is 35.5. The Labute approximate surface area is 131 Å². The molecule has 8 heteroatoms. The predicted octanol–water partition coefficient (Wildman–Crippen LogP) is -0.753. The molecule has 0 amide bonds.